The number of unbranched alkanes of at least 4 members (excludes halogenated alkanes) is 1. The molecule has 0 bridgehead atoms. The van der Waals surface area contributed by atoms with Crippen molar-refractivity contribution in [2.75, 3.05) is 6.54 Å². The van der Waals surface area contributed by atoms with Crippen LogP contribution in [0.25, 0.3) is 0 Å². The van der Waals surface area contributed by atoms with Crippen LogP contribution in [0, 0.1) is 0 Å². The monoisotopic (exact) mass is 347 g/mol. The quantitative estimate of drug-likeness (QED) is 0.883. The average molecular weight is 347 g/mol. The van der Waals surface area contributed by atoms with E-state index in [2.05, 4.69) is 20.2 Å². The molecule has 0 saturated carbocycles. The van der Waals surface area contributed by atoms with E-state index >= 15 is 0 Å². The number of aromatic nitrogens is 3. The van der Waals surface area contributed by atoms with Gasteiger partial charge in [0.2, 0.25) is 5.95 Å². The molecule has 1 atom stereocenters. The van der Waals surface area contributed by atoms with E-state index < -0.39 is 21.2 Å². The SMILES string of the molecule is CCCCN1C(=O)C(=Nc2ncn[nH]2)C(c2ccccc2)S1(=O)=O. The van der Waals surface area contributed by atoms with Crippen LogP contribution in [0.15, 0.2) is 41.7 Å². The van der Waals surface area contributed by atoms with Gasteiger partial charge < -0.3 is 0 Å². The van der Waals surface area contributed by atoms with E-state index in [0.717, 1.165) is 10.7 Å². The summed E-state index contributed by atoms with van der Waals surface area (Å²) in [7, 11) is -3.86. The second-order valence-corrected chi connectivity index (χ2v) is 7.31. The smallest absolute Gasteiger partial charge is 0.266 e. The number of hydrogen-bond donors (Lipinski definition) is 1. The lowest BCUT2D eigenvalue weighted by Gasteiger charge is -2.15. The average Bonchev–Trinajstić information content (AvgIpc) is 3.13. The van der Waals surface area contributed by atoms with Crippen LogP contribution in [-0.4, -0.2) is 46.1 Å². The molecule has 2 aromatic rings. The minimum absolute atomic E-state index is 0.0611. The summed E-state index contributed by atoms with van der Waals surface area (Å²) in [6.07, 6.45) is 2.63. The van der Waals surface area contributed by atoms with Crippen molar-refractivity contribution in [2.24, 2.45) is 4.99 Å². The zero-order valence-electron chi connectivity index (χ0n) is 13.1. The Bertz CT molecular complexity index is 846. The summed E-state index contributed by atoms with van der Waals surface area (Å²) in [4.78, 5) is 20.7. The number of benzene rings is 1. The van der Waals surface area contributed by atoms with E-state index in [9.17, 15) is 13.2 Å². The Kier molecular flexibility index (Phi) is 4.43. The number of aromatic amines is 1. The van der Waals surface area contributed by atoms with E-state index in [1.54, 1.807) is 30.3 Å². The van der Waals surface area contributed by atoms with E-state index in [0.29, 0.717) is 12.0 Å². The molecule has 1 saturated heterocycles. The minimum atomic E-state index is -3.86. The zero-order valence-corrected chi connectivity index (χ0v) is 13.9. The van der Waals surface area contributed by atoms with Crippen LogP contribution in [-0.2, 0) is 14.8 Å². The number of rotatable bonds is 5. The number of aliphatic imine (C=N–C) groups is 1. The number of H-pyrrole nitrogens is 1. The van der Waals surface area contributed by atoms with Gasteiger partial charge in [-0.1, -0.05) is 43.7 Å². The molecule has 1 aromatic heterocycles. The lowest BCUT2D eigenvalue weighted by atomic mass is 10.1. The summed E-state index contributed by atoms with van der Waals surface area (Å²) in [5.74, 6) is -0.500. The van der Waals surface area contributed by atoms with Crippen molar-refractivity contribution in [1.29, 1.82) is 0 Å². The maximum atomic E-state index is 12.9. The van der Waals surface area contributed by atoms with Gasteiger partial charge in [-0.2, -0.15) is 10.1 Å². The van der Waals surface area contributed by atoms with Gasteiger partial charge in [0.25, 0.3) is 15.9 Å². The highest BCUT2D eigenvalue weighted by Crippen LogP contribution is 2.35. The molecule has 1 amide bonds. The fourth-order valence-corrected chi connectivity index (χ4v) is 4.48. The number of carbonyl (C=O) groups excluding carboxylic acids is 1. The molecule has 0 aliphatic carbocycles. The molecule has 0 spiro atoms. The molecular weight excluding hydrogens is 330 g/mol. The number of nitrogens with one attached hydrogen (secondary N) is 1. The molecule has 1 N–H and O–H groups in total. The van der Waals surface area contributed by atoms with Crippen LogP contribution >= 0.6 is 0 Å². The molecule has 9 heteroatoms. The van der Waals surface area contributed by atoms with E-state index in [1.165, 1.54) is 6.33 Å². The van der Waals surface area contributed by atoms with Crippen molar-refractivity contribution >= 4 is 27.6 Å². The summed E-state index contributed by atoms with van der Waals surface area (Å²) < 4.78 is 26.8. The summed E-state index contributed by atoms with van der Waals surface area (Å²) in [5.41, 5.74) is 0.442. The normalized spacial score (nSPS) is 21.5. The molecule has 0 radical (unpaired) electrons. The van der Waals surface area contributed by atoms with Gasteiger partial charge in [-0.05, 0) is 12.0 Å². The molecule has 2 heterocycles. The Morgan fingerprint density at radius 1 is 1.29 bits per heavy atom. The topological polar surface area (TPSA) is 108 Å². The standard InChI is InChI=1S/C15H17N5O3S/c1-2-3-9-20-14(21)12(18-15-16-10-17-19-15)13(24(20,22)23)11-7-5-4-6-8-11/h4-8,10,13H,2-3,9H2,1H3,(H,16,17,19). The van der Waals surface area contributed by atoms with Gasteiger partial charge >= 0.3 is 0 Å². The van der Waals surface area contributed by atoms with Crippen molar-refractivity contribution in [3.05, 3.63) is 42.2 Å². The Morgan fingerprint density at radius 2 is 2.04 bits per heavy atom. The van der Waals surface area contributed by atoms with Gasteiger partial charge in [-0.15, -0.1) is 0 Å². The molecule has 1 aliphatic rings. The Balaban J connectivity index is 2.12. The zero-order chi connectivity index (χ0) is 17.2. The van der Waals surface area contributed by atoms with Crippen molar-refractivity contribution in [2.45, 2.75) is 25.0 Å². The predicted molar refractivity (Wildman–Crippen MR) is 88.2 cm³/mol. The largest absolute Gasteiger partial charge is 0.283 e. The van der Waals surface area contributed by atoms with Gasteiger partial charge in [0, 0.05) is 6.54 Å². The third-order valence-corrected chi connectivity index (χ3v) is 5.80. The van der Waals surface area contributed by atoms with Crippen molar-refractivity contribution in [3.63, 3.8) is 0 Å². The van der Waals surface area contributed by atoms with Crippen molar-refractivity contribution in [3.8, 4) is 0 Å². The Morgan fingerprint density at radius 3 is 2.67 bits per heavy atom. The second kappa shape index (κ2) is 6.52. The predicted octanol–water partition coefficient (Wildman–Crippen LogP) is 1.59. The summed E-state index contributed by atoms with van der Waals surface area (Å²) in [6.45, 7) is 2.09. The Labute approximate surface area is 139 Å². The van der Waals surface area contributed by atoms with E-state index in [-0.39, 0.29) is 18.2 Å². The first-order valence-electron chi connectivity index (χ1n) is 7.60. The first-order chi connectivity index (χ1) is 11.6. The van der Waals surface area contributed by atoms with Crippen LogP contribution in [0.5, 0.6) is 0 Å². The molecule has 1 aliphatic heterocycles. The van der Waals surface area contributed by atoms with Crippen LogP contribution < -0.4 is 0 Å². The number of carbonyl (C=O) groups is 1. The van der Waals surface area contributed by atoms with Crippen LogP contribution in [0.4, 0.5) is 5.95 Å². The molecule has 126 valence electrons. The lowest BCUT2D eigenvalue weighted by Crippen LogP contribution is -2.32. The van der Waals surface area contributed by atoms with Crippen LogP contribution in [0.1, 0.15) is 30.6 Å². The maximum Gasteiger partial charge on any atom is 0.283 e. The molecule has 8 nitrogen and oxygen atoms in total. The third kappa shape index (κ3) is 2.82. The molecule has 24 heavy (non-hydrogen) atoms. The van der Waals surface area contributed by atoms with Crippen molar-refractivity contribution in [1.82, 2.24) is 19.5 Å². The second-order valence-electron chi connectivity index (χ2n) is 5.37. The number of amides is 1. The van der Waals surface area contributed by atoms with Crippen LogP contribution in [0.2, 0.25) is 0 Å². The maximum absolute atomic E-state index is 12.9. The summed E-state index contributed by atoms with van der Waals surface area (Å²) in [6, 6.07) is 8.60. The highest BCUT2D eigenvalue weighted by Gasteiger charge is 2.50. The van der Waals surface area contributed by atoms with E-state index in [1.807, 2.05) is 6.92 Å². The fourth-order valence-electron chi connectivity index (χ4n) is 2.59. The van der Waals surface area contributed by atoms with Crippen molar-refractivity contribution < 1.29 is 13.2 Å². The first-order valence-corrected chi connectivity index (χ1v) is 9.10. The third-order valence-electron chi connectivity index (χ3n) is 3.74. The highest BCUT2D eigenvalue weighted by molar-refractivity contribution is 7.91. The van der Waals surface area contributed by atoms with Crippen LogP contribution in [0.3, 0.4) is 0 Å². The number of hydrogen-bond acceptors (Lipinski definition) is 6. The van der Waals surface area contributed by atoms with Gasteiger partial charge in [0.05, 0.1) is 0 Å². The molecular formula is C15H17N5O3S. The number of sulfonamides is 1. The summed E-state index contributed by atoms with van der Waals surface area (Å²) in [5, 5.41) is 5.07. The lowest BCUT2D eigenvalue weighted by molar-refractivity contribution is -0.119. The molecule has 1 unspecified atom stereocenters. The van der Waals surface area contributed by atoms with Gasteiger partial charge in [-0.3, -0.25) is 4.79 Å². The van der Waals surface area contributed by atoms with Gasteiger partial charge in [-0.25, -0.2) is 22.8 Å². The first kappa shape index (κ1) is 16.3. The van der Waals surface area contributed by atoms with E-state index in [4.69, 9.17) is 0 Å². The van der Waals surface area contributed by atoms with Gasteiger partial charge in [0.15, 0.2) is 5.25 Å². The molecule has 1 fully saturated rings. The number of nitrogens with zero attached hydrogens (tertiary/aromatic N) is 4. The minimum Gasteiger partial charge on any atom is -0.266 e. The highest BCUT2D eigenvalue weighted by atomic mass is 32.2. The molecule has 3 rings (SSSR count). The fraction of sp³-hybridized carbons (Fsp3) is 0.333. The molecule has 1 aromatic carbocycles. The Hall–Kier alpha value is -2.55. The van der Waals surface area contributed by atoms with Gasteiger partial charge in [0.1, 0.15) is 12.0 Å². The summed E-state index contributed by atoms with van der Waals surface area (Å²) >= 11 is 0.